The number of hydrogen-bond donors (Lipinski definition) is 0. The molecule has 2 nitrogen and oxygen atoms in total. The Labute approximate surface area is 143 Å². The fraction of sp³-hybridized carbons (Fsp3) is 0.143. The van der Waals surface area contributed by atoms with Crippen molar-refractivity contribution >= 4 is 18.0 Å². The molecule has 0 bridgehead atoms. The van der Waals surface area contributed by atoms with Gasteiger partial charge in [0.1, 0.15) is 5.75 Å². The van der Waals surface area contributed by atoms with Crippen LogP contribution in [-0.4, -0.2) is 0 Å². The molecule has 0 atom stereocenters. The topological polar surface area (TPSA) is 26.3 Å². The summed E-state index contributed by atoms with van der Waals surface area (Å²) in [6.45, 7) is 5.99. The quantitative estimate of drug-likeness (QED) is 0.632. The van der Waals surface area contributed by atoms with Crippen molar-refractivity contribution < 1.29 is 9.09 Å². The minimum absolute atomic E-state index is 0.626. The molecule has 0 unspecified atom stereocenters. The summed E-state index contributed by atoms with van der Waals surface area (Å²) < 4.78 is 20.1. The molecule has 0 amide bonds. The maximum Gasteiger partial charge on any atom is 0.306 e. The van der Waals surface area contributed by atoms with Gasteiger partial charge in [0.05, 0.1) is 10.6 Å². The van der Waals surface area contributed by atoms with Gasteiger partial charge in [-0.25, -0.2) is 0 Å². The van der Waals surface area contributed by atoms with E-state index in [9.17, 15) is 4.57 Å². The molecule has 0 aromatic heterocycles. The Morgan fingerprint density at radius 3 is 1.58 bits per heavy atom. The Hall–Kier alpha value is -2.31. The van der Waals surface area contributed by atoms with Crippen LogP contribution in [0.2, 0.25) is 0 Å². The molecule has 0 saturated heterocycles. The van der Waals surface area contributed by atoms with E-state index in [1.54, 1.807) is 0 Å². The first kappa shape index (κ1) is 16.5. The summed E-state index contributed by atoms with van der Waals surface area (Å²) in [5.74, 6) is 0.626. The Morgan fingerprint density at radius 1 is 0.667 bits per heavy atom. The van der Waals surface area contributed by atoms with E-state index in [-0.39, 0.29) is 0 Å². The molecule has 0 aliphatic carbocycles. The van der Waals surface area contributed by atoms with Gasteiger partial charge < -0.3 is 4.52 Å². The van der Waals surface area contributed by atoms with Crippen molar-refractivity contribution in [3.63, 3.8) is 0 Å². The van der Waals surface area contributed by atoms with E-state index in [0.717, 1.165) is 27.3 Å². The van der Waals surface area contributed by atoms with Crippen LogP contribution in [0.25, 0.3) is 0 Å². The van der Waals surface area contributed by atoms with E-state index in [0.29, 0.717) is 5.75 Å². The highest BCUT2D eigenvalue weighted by molar-refractivity contribution is 7.74. The number of hydrogen-bond acceptors (Lipinski definition) is 2. The zero-order chi connectivity index (χ0) is 17.2. The lowest BCUT2D eigenvalue weighted by Gasteiger charge is -2.21. The highest BCUT2D eigenvalue weighted by Gasteiger charge is 2.30. The zero-order valence-corrected chi connectivity index (χ0v) is 15.1. The van der Waals surface area contributed by atoms with E-state index in [1.807, 2.05) is 93.6 Å². The molecule has 0 aliphatic rings. The Bertz CT molecular complexity index is 865. The number of aryl methyl sites for hydroxylation is 3. The average Bonchev–Trinajstić information content (AvgIpc) is 2.55. The van der Waals surface area contributed by atoms with E-state index in [1.165, 1.54) is 0 Å². The predicted molar refractivity (Wildman–Crippen MR) is 101 cm³/mol. The standard InChI is InChI=1S/C21H21O2P/c1-16-7-4-10-19(13-16)23-24(22,20-11-5-8-17(2)14-20)21-12-6-9-18(3)15-21/h4-15H,1-3H3. The SMILES string of the molecule is Cc1cccc(OP(=O)(c2cccc(C)c2)c2cccc(C)c2)c1. The summed E-state index contributed by atoms with van der Waals surface area (Å²) >= 11 is 0. The van der Waals surface area contributed by atoms with Gasteiger partial charge in [-0.3, -0.25) is 4.57 Å². The largest absolute Gasteiger partial charge is 0.437 e. The second-order valence-electron chi connectivity index (χ2n) is 6.14. The van der Waals surface area contributed by atoms with Crippen LogP contribution in [0.4, 0.5) is 0 Å². The van der Waals surface area contributed by atoms with Crippen LogP contribution in [-0.2, 0) is 4.57 Å². The van der Waals surface area contributed by atoms with Gasteiger partial charge in [-0.15, -0.1) is 0 Å². The minimum atomic E-state index is -3.22. The molecule has 0 aliphatic heterocycles. The molecule has 122 valence electrons. The highest BCUT2D eigenvalue weighted by Crippen LogP contribution is 2.45. The minimum Gasteiger partial charge on any atom is -0.437 e. The van der Waals surface area contributed by atoms with Crippen molar-refractivity contribution in [2.45, 2.75) is 20.8 Å². The van der Waals surface area contributed by atoms with Gasteiger partial charge in [0.2, 0.25) is 0 Å². The van der Waals surface area contributed by atoms with Crippen LogP contribution >= 0.6 is 7.37 Å². The first-order valence-corrected chi connectivity index (χ1v) is 9.61. The van der Waals surface area contributed by atoms with Gasteiger partial charge in [-0.05, 0) is 62.7 Å². The summed E-state index contributed by atoms with van der Waals surface area (Å²) in [5, 5.41) is 1.43. The average molecular weight is 336 g/mol. The molecule has 0 N–H and O–H groups in total. The third-order valence-electron chi connectivity index (χ3n) is 3.91. The molecule has 3 aromatic rings. The van der Waals surface area contributed by atoms with Crippen LogP contribution in [0.5, 0.6) is 5.75 Å². The zero-order valence-electron chi connectivity index (χ0n) is 14.2. The van der Waals surface area contributed by atoms with Crippen molar-refractivity contribution in [1.82, 2.24) is 0 Å². The molecule has 0 radical (unpaired) electrons. The number of rotatable bonds is 4. The maximum atomic E-state index is 14.0. The second-order valence-corrected chi connectivity index (χ2v) is 8.46. The van der Waals surface area contributed by atoms with Gasteiger partial charge in [0, 0.05) is 0 Å². The van der Waals surface area contributed by atoms with Gasteiger partial charge >= 0.3 is 7.37 Å². The lowest BCUT2D eigenvalue weighted by Crippen LogP contribution is -2.20. The molecule has 3 aromatic carbocycles. The van der Waals surface area contributed by atoms with Crippen molar-refractivity contribution in [3.8, 4) is 5.75 Å². The van der Waals surface area contributed by atoms with Crippen molar-refractivity contribution in [2.24, 2.45) is 0 Å². The van der Waals surface area contributed by atoms with Crippen molar-refractivity contribution in [1.29, 1.82) is 0 Å². The fourth-order valence-corrected chi connectivity index (χ4v) is 4.93. The van der Waals surface area contributed by atoms with Gasteiger partial charge in [-0.1, -0.05) is 47.5 Å². The lowest BCUT2D eigenvalue weighted by atomic mass is 10.2. The van der Waals surface area contributed by atoms with Gasteiger partial charge in [0.25, 0.3) is 0 Å². The molecule has 24 heavy (non-hydrogen) atoms. The summed E-state index contributed by atoms with van der Waals surface area (Å²) in [4.78, 5) is 0. The molecule has 3 heteroatoms. The summed E-state index contributed by atoms with van der Waals surface area (Å²) in [7, 11) is -3.22. The van der Waals surface area contributed by atoms with Crippen molar-refractivity contribution in [3.05, 3.63) is 89.5 Å². The first-order valence-electron chi connectivity index (χ1n) is 7.98. The van der Waals surface area contributed by atoms with Crippen molar-refractivity contribution in [2.75, 3.05) is 0 Å². The summed E-state index contributed by atoms with van der Waals surface area (Å²) in [5.41, 5.74) is 3.20. The monoisotopic (exact) mass is 336 g/mol. The summed E-state index contributed by atoms with van der Waals surface area (Å²) in [6, 6.07) is 23.2. The molecular weight excluding hydrogens is 315 g/mol. The smallest absolute Gasteiger partial charge is 0.306 e. The molecular formula is C21H21O2P. The van der Waals surface area contributed by atoms with E-state index in [4.69, 9.17) is 4.52 Å². The van der Waals surface area contributed by atoms with Crippen LogP contribution < -0.4 is 15.1 Å². The van der Waals surface area contributed by atoms with Gasteiger partial charge in [-0.2, -0.15) is 0 Å². The van der Waals surface area contributed by atoms with E-state index >= 15 is 0 Å². The maximum absolute atomic E-state index is 14.0. The first-order chi connectivity index (χ1) is 11.5. The lowest BCUT2D eigenvalue weighted by molar-refractivity contribution is 0.502. The van der Waals surface area contributed by atoms with Crippen LogP contribution in [0.3, 0.4) is 0 Å². The Balaban J connectivity index is 2.15. The molecule has 0 spiro atoms. The predicted octanol–water partition coefficient (Wildman–Crippen LogP) is 4.92. The molecule has 0 saturated carbocycles. The fourth-order valence-electron chi connectivity index (χ4n) is 2.70. The summed E-state index contributed by atoms with van der Waals surface area (Å²) in [6.07, 6.45) is 0. The Kier molecular flexibility index (Phi) is 4.59. The van der Waals surface area contributed by atoms with Crippen LogP contribution in [0.1, 0.15) is 16.7 Å². The third-order valence-corrected chi connectivity index (χ3v) is 6.29. The van der Waals surface area contributed by atoms with Crippen LogP contribution in [0, 0.1) is 20.8 Å². The van der Waals surface area contributed by atoms with Crippen LogP contribution in [0.15, 0.2) is 72.8 Å². The molecule has 0 heterocycles. The molecule has 0 fully saturated rings. The van der Waals surface area contributed by atoms with E-state index in [2.05, 4.69) is 0 Å². The third kappa shape index (κ3) is 3.44. The molecule has 3 rings (SSSR count). The highest BCUT2D eigenvalue weighted by atomic mass is 31.2. The van der Waals surface area contributed by atoms with E-state index < -0.39 is 7.37 Å². The van der Waals surface area contributed by atoms with Gasteiger partial charge in [0.15, 0.2) is 0 Å². The number of benzene rings is 3. The normalized spacial score (nSPS) is 11.3. The Morgan fingerprint density at radius 2 is 1.12 bits per heavy atom. The second kappa shape index (κ2) is 6.67.